The molecule has 9 aromatic carbocycles. The summed E-state index contributed by atoms with van der Waals surface area (Å²) in [6, 6.07) is 69.3. The lowest BCUT2D eigenvalue weighted by Gasteiger charge is -2.42. The number of nitrogens with two attached hydrogens (primary N) is 3. The molecule has 574 valence electrons. The zero-order chi connectivity index (χ0) is 76.3. The predicted molar refractivity (Wildman–Crippen MR) is 440 cm³/mol. The molecule has 9 aromatic rings. The number of rotatable bonds is 27. The summed E-state index contributed by atoms with van der Waals surface area (Å²) in [6.45, 7) is 9.20. The molecule has 12 N–H and O–H groups in total. The molecule has 3 saturated heterocycles. The maximum atomic E-state index is 13.9. The average Bonchev–Trinajstić information content (AvgIpc) is 1.50. The van der Waals surface area contributed by atoms with Crippen molar-refractivity contribution in [2.45, 2.75) is 157 Å². The SMILES string of the molecule is CCC(CN1CC[C@@H](CNC(=O)c2ccc3ccccc3c2)N[C@@H](CCCN)C1=O)c1ccccc1.NCCC[C@@H]1N[C@H](CNC(=O)c2ccc3ccccc3c2)CCN(CC2(c3ccccc3)CCCCC2)C1=O.NCCC[C@@H]1N[C@H](CNC(=O)c2ccc3ccccc3c2)CCN(Cc2ccc(Cl)cc2)C1=O. The van der Waals surface area contributed by atoms with E-state index in [1.165, 1.54) is 30.4 Å². The molecule has 1 saturated carbocycles. The van der Waals surface area contributed by atoms with Crippen LogP contribution in [0.25, 0.3) is 32.3 Å². The van der Waals surface area contributed by atoms with Gasteiger partial charge in [-0.1, -0.05) is 202 Å². The van der Waals surface area contributed by atoms with Gasteiger partial charge in [-0.15, -0.1) is 0 Å². The first-order valence-electron chi connectivity index (χ1n) is 39.6. The fraction of sp³-hybridized carbons (Fsp3) is 0.400. The molecule has 7 atom stereocenters. The standard InChI is InChI=1S/C33H42N4O2.C30H38N4O2.C27H31ClN4O2/c34-20-9-14-30-32(39)37(24-33(18-7-2-8-19-33)28-12-3-1-4-13-28)21-17-29(36-30)23-35-31(38)27-16-15-25-10-5-6-11-26(25)22-27;1-2-22(23-9-4-3-5-10-23)21-34-18-16-27(33-28(30(34)36)13-8-17-31)20-32-29(35)26-15-14-24-11-6-7-12-25(24)19-26;28-23-11-7-19(8-12-23)18-32-15-13-24(31-25(27(32)34)6-3-14-29)17-30-26(33)22-10-9-20-4-1-2-5-21(20)16-22/h1,3-6,10-13,15-16,22,29-30,36H,2,7-9,14,17-21,23-24,34H2,(H,35,38);3-7,9-12,14-15,19,22,27-28,33H,2,8,13,16-18,20-21,31H2,1H3,(H,32,35);1-2,4-5,7-12,16,24-25,31H,3,6,13-15,17-18,29H2,(H,30,33)/t29-,30-;22?,27-,28-;24-,25-/m000/s1. The number of benzene rings is 9. The summed E-state index contributed by atoms with van der Waals surface area (Å²) in [5, 5.41) is 27.0. The number of carbonyl (C=O) groups excluding carboxylic acids is 6. The first-order valence-corrected chi connectivity index (χ1v) is 40.0. The highest BCUT2D eigenvalue weighted by Gasteiger charge is 2.40. The lowest BCUT2D eigenvalue weighted by Crippen LogP contribution is -2.51. The number of carbonyl (C=O) groups is 6. The van der Waals surface area contributed by atoms with E-state index in [1.54, 1.807) is 0 Å². The molecule has 1 unspecified atom stereocenters. The lowest BCUT2D eigenvalue weighted by atomic mass is 9.69. The number of hydrogen-bond donors (Lipinski definition) is 9. The summed E-state index contributed by atoms with van der Waals surface area (Å²) >= 11 is 6.01. The molecule has 18 nitrogen and oxygen atoms in total. The number of fused-ring (bicyclic) bond motifs is 3. The first-order chi connectivity index (χ1) is 53.2. The van der Waals surface area contributed by atoms with Gasteiger partial charge in [0.1, 0.15) is 0 Å². The zero-order valence-electron chi connectivity index (χ0n) is 63.2. The van der Waals surface area contributed by atoms with Crippen LogP contribution in [0.15, 0.2) is 212 Å². The summed E-state index contributed by atoms with van der Waals surface area (Å²) in [6.07, 6.45) is 13.6. The number of nitrogens with zero attached hydrogens (tertiary/aromatic N) is 3. The van der Waals surface area contributed by atoms with Crippen LogP contribution in [0.5, 0.6) is 0 Å². The van der Waals surface area contributed by atoms with Crippen LogP contribution < -0.4 is 49.1 Å². The van der Waals surface area contributed by atoms with Gasteiger partial charge in [0, 0.05) is 110 Å². The summed E-state index contributed by atoms with van der Waals surface area (Å²) in [5.41, 5.74) is 22.9. The van der Waals surface area contributed by atoms with Gasteiger partial charge in [-0.25, -0.2) is 0 Å². The normalized spacial score (nSPS) is 19.8. The molecule has 0 bridgehead atoms. The third-order valence-corrected chi connectivity index (χ3v) is 22.5. The molecule has 3 heterocycles. The Hall–Kier alpha value is -9.37. The Labute approximate surface area is 648 Å². The molecule has 1 aliphatic carbocycles. The van der Waals surface area contributed by atoms with Crippen LogP contribution in [0.3, 0.4) is 0 Å². The number of nitrogens with one attached hydrogen (secondary N) is 6. The van der Waals surface area contributed by atoms with E-state index in [0.29, 0.717) is 119 Å². The Morgan fingerprint density at radius 3 is 1.26 bits per heavy atom. The molecule has 109 heavy (non-hydrogen) atoms. The third kappa shape index (κ3) is 22.7. The van der Waals surface area contributed by atoms with Crippen LogP contribution >= 0.6 is 11.6 Å². The molecule has 19 heteroatoms. The van der Waals surface area contributed by atoms with Crippen molar-refractivity contribution >= 4 is 79.4 Å². The molecule has 4 aliphatic rings. The summed E-state index contributed by atoms with van der Waals surface area (Å²) in [5.74, 6) is 0.400. The summed E-state index contributed by atoms with van der Waals surface area (Å²) < 4.78 is 0. The van der Waals surface area contributed by atoms with Gasteiger partial charge >= 0.3 is 0 Å². The van der Waals surface area contributed by atoms with Gasteiger partial charge in [0.15, 0.2) is 0 Å². The Bertz CT molecular complexity index is 4430. The molecule has 13 rings (SSSR count). The Balaban J connectivity index is 0.000000163. The van der Waals surface area contributed by atoms with Crippen LogP contribution in [-0.2, 0) is 26.3 Å². The fourth-order valence-corrected chi connectivity index (χ4v) is 16.1. The van der Waals surface area contributed by atoms with Crippen LogP contribution in [0.4, 0.5) is 0 Å². The largest absolute Gasteiger partial charge is 0.350 e. The van der Waals surface area contributed by atoms with Gasteiger partial charge in [0.2, 0.25) is 17.7 Å². The van der Waals surface area contributed by atoms with E-state index in [9.17, 15) is 28.8 Å². The van der Waals surface area contributed by atoms with Crippen molar-refractivity contribution in [1.29, 1.82) is 0 Å². The van der Waals surface area contributed by atoms with Gasteiger partial charge in [0.25, 0.3) is 17.7 Å². The maximum Gasteiger partial charge on any atom is 0.251 e. The van der Waals surface area contributed by atoms with E-state index in [2.05, 4.69) is 98.3 Å². The molecule has 0 aromatic heterocycles. The van der Waals surface area contributed by atoms with Crippen molar-refractivity contribution in [3.63, 3.8) is 0 Å². The van der Waals surface area contributed by atoms with Crippen molar-refractivity contribution in [1.82, 2.24) is 46.6 Å². The topological polar surface area (TPSA) is 262 Å². The third-order valence-electron chi connectivity index (χ3n) is 22.2. The highest BCUT2D eigenvalue weighted by molar-refractivity contribution is 6.30. The zero-order valence-corrected chi connectivity index (χ0v) is 64.0. The number of amides is 6. The van der Waals surface area contributed by atoms with Crippen molar-refractivity contribution in [3.05, 3.63) is 251 Å². The molecule has 3 aliphatic heterocycles. The van der Waals surface area contributed by atoms with Crippen molar-refractivity contribution in [2.24, 2.45) is 17.2 Å². The predicted octanol–water partition coefficient (Wildman–Crippen LogP) is 12.6. The highest BCUT2D eigenvalue weighted by Crippen LogP contribution is 2.41. The number of halogens is 1. The second-order valence-corrected chi connectivity index (χ2v) is 30.3. The van der Waals surface area contributed by atoms with Crippen LogP contribution in [0.2, 0.25) is 5.02 Å². The fourth-order valence-electron chi connectivity index (χ4n) is 15.9. The summed E-state index contributed by atoms with van der Waals surface area (Å²) in [7, 11) is 0. The molecular weight excluding hydrogens is 1380 g/mol. The van der Waals surface area contributed by atoms with Gasteiger partial charge < -0.3 is 63.8 Å². The van der Waals surface area contributed by atoms with E-state index in [1.807, 2.05) is 168 Å². The Kier molecular flexibility index (Phi) is 30.3. The molecular formula is C90H111ClN12O6. The van der Waals surface area contributed by atoms with Crippen molar-refractivity contribution in [3.8, 4) is 0 Å². The molecule has 6 amide bonds. The van der Waals surface area contributed by atoms with Gasteiger partial charge in [0.05, 0.1) is 18.1 Å². The Morgan fingerprint density at radius 2 is 0.835 bits per heavy atom. The van der Waals surface area contributed by atoms with E-state index in [0.717, 1.165) is 102 Å². The molecule has 0 radical (unpaired) electrons. The van der Waals surface area contributed by atoms with E-state index in [-0.39, 0.29) is 77.1 Å². The molecule has 0 spiro atoms. The van der Waals surface area contributed by atoms with Crippen LogP contribution in [0, 0.1) is 0 Å². The number of hydrogen-bond acceptors (Lipinski definition) is 12. The van der Waals surface area contributed by atoms with Gasteiger partial charge in [-0.3, -0.25) is 28.8 Å². The van der Waals surface area contributed by atoms with Gasteiger partial charge in [-0.2, -0.15) is 0 Å². The molecule has 4 fully saturated rings. The quantitative estimate of drug-likeness (QED) is 0.0233. The minimum Gasteiger partial charge on any atom is -0.350 e. The maximum absolute atomic E-state index is 13.9. The minimum atomic E-state index is -0.319. The van der Waals surface area contributed by atoms with Crippen molar-refractivity contribution in [2.75, 3.05) is 72.0 Å². The monoisotopic (exact) mass is 1490 g/mol. The van der Waals surface area contributed by atoms with E-state index in [4.69, 9.17) is 28.8 Å². The second-order valence-electron chi connectivity index (χ2n) is 29.9. The van der Waals surface area contributed by atoms with Crippen LogP contribution in [-0.4, -0.2) is 158 Å². The highest BCUT2D eigenvalue weighted by atomic mass is 35.5. The minimum absolute atomic E-state index is 0.00801. The van der Waals surface area contributed by atoms with Crippen LogP contribution in [0.1, 0.15) is 157 Å². The Morgan fingerprint density at radius 1 is 0.459 bits per heavy atom. The van der Waals surface area contributed by atoms with E-state index >= 15 is 0 Å². The second kappa shape index (κ2) is 40.9. The van der Waals surface area contributed by atoms with Gasteiger partial charge in [-0.05, 0) is 194 Å². The van der Waals surface area contributed by atoms with E-state index < -0.39 is 0 Å². The lowest BCUT2D eigenvalue weighted by molar-refractivity contribution is -0.134. The smallest absolute Gasteiger partial charge is 0.251 e. The summed E-state index contributed by atoms with van der Waals surface area (Å²) in [4.78, 5) is 85.4. The average molecular weight is 1490 g/mol. The van der Waals surface area contributed by atoms with Crippen molar-refractivity contribution < 1.29 is 28.8 Å². The first kappa shape index (κ1) is 80.6.